The molecule has 0 aliphatic rings. The molecule has 0 saturated carbocycles. The predicted octanol–water partition coefficient (Wildman–Crippen LogP) is 20.6. The number of carbonyl (C=O) groups is 2. The van der Waals surface area contributed by atoms with Crippen molar-refractivity contribution in [3.8, 4) is 0 Å². The monoisotopic (exact) mass is 1010 g/mol. The molecule has 1 amide bonds. The largest absolute Gasteiger partial charge is 0.466 e. The maximum absolute atomic E-state index is 12.5. The van der Waals surface area contributed by atoms with E-state index >= 15 is 0 Å². The van der Waals surface area contributed by atoms with E-state index in [9.17, 15) is 19.8 Å². The molecule has 3 N–H and O–H groups in total. The molecule has 2 unspecified atom stereocenters. The summed E-state index contributed by atoms with van der Waals surface area (Å²) in [7, 11) is 0. The van der Waals surface area contributed by atoms with Gasteiger partial charge in [-0.05, 0) is 77.0 Å². The Hall–Kier alpha value is -1.66. The van der Waals surface area contributed by atoms with Crippen LogP contribution in [0.25, 0.3) is 0 Å². The molecule has 0 spiro atoms. The van der Waals surface area contributed by atoms with Crippen molar-refractivity contribution in [3.63, 3.8) is 0 Å². The Kier molecular flexibility index (Phi) is 60.5. The van der Waals surface area contributed by atoms with Crippen LogP contribution in [-0.2, 0) is 14.3 Å². The van der Waals surface area contributed by atoms with Gasteiger partial charge in [0.1, 0.15) is 0 Å². The van der Waals surface area contributed by atoms with E-state index in [2.05, 4.69) is 43.5 Å². The highest BCUT2D eigenvalue weighted by Gasteiger charge is 2.20. The van der Waals surface area contributed by atoms with Crippen molar-refractivity contribution in [1.82, 2.24) is 5.32 Å². The van der Waals surface area contributed by atoms with Crippen molar-refractivity contribution in [2.45, 2.75) is 373 Å². The SMILES string of the molecule is CCCCCCCCC/C=C\CCCCCCCC(=O)OCCCCCCCCCCCC/C=C\CCCCCCCCCC(=O)NC(CO)C(O)CCCCCCCCCCCCCCCCCCCC. The van der Waals surface area contributed by atoms with Crippen molar-refractivity contribution in [1.29, 1.82) is 0 Å². The van der Waals surface area contributed by atoms with Gasteiger partial charge < -0.3 is 20.3 Å². The molecule has 0 fully saturated rings. The third-order valence-corrected chi connectivity index (χ3v) is 15.2. The van der Waals surface area contributed by atoms with Crippen LogP contribution in [0.5, 0.6) is 0 Å². The number of hydrogen-bond donors (Lipinski definition) is 3. The molecule has 6 heteroatoms. The van der Waals surface area contributed by atoms with Crippen molar-refractivity contribution in [2.75, 3.05) is 13.2 Å². The zero-order valence-electron chi connectivity index (χ0n) is 48.7. The molecule has 0 aliphatic heterocycles. The summed E-state index contributed by atoms with van der Waals surface area (Å²) < 4.78 is 5.49. The van der Waals surface area contributed by atoms with Crippen LogP contribution in [0, 0.1) is 0 Å². The summed E-state index contributed by atoms with van der Waals surface area (Å²) in [5, 5.41) is 23.3. The van der Waals surface area contributed by atoms with Gasteiger partial charge in [0.2, 0.25) is 5.91 Å². The topological polar surface area (TPSA) is 95.9 Å². The Bertz CT molecular complexity index is 1120. The van der Waals surface area contributed by atoms with Gasteiger partial charge in [0.25, 0.3) is 0 Å². The van der Waals surface area contributed by atoms with E-state index in [4.69, 9.17) is 4.74 Å². The Morgan fingerprint density at radius 2 is 0.653 bits per heavy atom. The van der Waals surface area contributed by atoms with Crippen LogP contribution in [0.3, 0.4) is 0 Å². The van der Waals surface area contributed by atoms with Crippen molar-refractivity contribution in [2.24, 2.45) is 0 Å². The second-order valence-corrected chi connectivity index (χ2v) is 22.4. The number of ether oxygens (including phenoxy) is 1. The highest BCUT2D eigenvalue weighted by atomic mass is 16.5. The molecule has 0 aromatic rings. The second-order valence-electron chi connectivity index (χ2n) is 22.4. The Labute approximate surface area is 450 Å². The van der Waals surface area contributed by atoms with Crippen LogP contribution in [0.15, 0.2) is 24.3 Å². The van der Waals surface area contributed by atoms with E-state index < -0.39 is 12.1 Å². The van der Waals surface area contributed by atoms with Gasteiger partial charge in [-0.3, -0.25) is 9.59 Å². The van der Waals surface area contributed by atoms with Crippen molar-refractivity contribution in [3.05, 3.63) is 24.3 Å². The lowest BCUT2D eigenvalue weighted by atomic mass is 10.0. The molecule has 426 valence electrons. The van der Waals surface area contributed by atoms with E-state index in [1.54, 1.807) is 0 Å². The van der Waals surface area contributed by atoms with E-state index in [0.717, 1.165) is 44.9 Å². The minimum atomic E-state index is -0.670. The number of aliphatic hydroxyl groups excluding tert-OH is 2. The first-order valence-electron chi connectivity index (χ1n) is 32.6. The minimum absolute atomic E-state index is 0.00150. The molecule has 2 atom stereocenters. The lowest BCUT2D eigenvalue weighted by molar-refractivity contribution is -0.143. The number of nitrogens with one attached hydrogen (secondary N) is 1. The quantitative estimate of drug-likeness (QED) is 0.0320. The lowest BCUT2D eigenvalue weighted by Gasteiger charge is -2.22. The van der Waals surface area contributed by atoms with Crippen LogP contribution < -0.4 is 5.32 Å². The Morgan fingerprint density at radius 3 is 0.986 bits per heavy atom. The van der Waals surface area contributed by atoms with E-state index in [1.807, 2.05) is 0 Å². The van der Waals surface area contributed by atoms with Gasteiger partial charge in [-0.15, -0.1) is 0 Å². The number of aliphatic hydroxyl groups is 2. The number of esters is 1. The molecule has 0 heterocycles. The smallest absolute Gasteiger partial charge is 0.305 e. The molecule has 0 aromatic heterocycles. The predicted molar refractivity (Wildman–Crippen MR) is 315 cm³/mol. The average Bonchev–Trinajstić information content (AvgIpc) is 3.38. The molecule has 0 rings (SSSR count). The van der Waals surface area contributed by atoms with Crippen molar-refractivity contribution >= 4 is 11.9 Å². The van der Waals surface area contributed by atoms with Crippen LogP contribution in [0.4, 0.5) is 0 Å². The third-order valence-electron chi connectivity index (χ3n) is 15.2. The van der Waals surface area contributed by atoms with Gasteiger partial charge in [0.05, 0.1) is 25.4 Å². The van der Waals surface area contributed by atoms with Crippen molar-refractivity contribution < 1.29 is 24.5 Å². The highest BCUT2D eigenvalue weighted by molar-refractivity contribution is 5.76. The van der Waals surface area contributed by atoms with Gasteiger partial charge in [-0.1, -0.05) is 295 Å². The lowest BCUT2D eigenvalue weighted by Crippen LogP contribution is -2.45. The van der Waals surface area contributed by atoms with Gasteiger partial charge in [-0.2, -0.15) is 0 Å². The zero-order valence-corrected chi connectivity index (χ0v) is 48.7. The Balaban J connectivity index is 3.42. The maximum atomic E-state index is 12.5. The zero-order chi connectivity index (χ0) is 52.2. The summed E-state index contributed by atoms with van der Waals surface area (Å²) in [6, 6.07) is -0.548. The normalized spacial score (nSPS) is 12.7. The van der Waals surface area contributed by atoms with E-state index in [0.29, 0.717) is 25.9 Å². The minimum Gasteiger partial charge on any atom is -0.466 e. The van der Waals surface area contributed by atoms with E-state index in [1.165, 1.54) is 283 Å². The molecule has 0 bridgehead atoms. The fraction of sp³-hybridized carbons (Fsp3) is 0.909. The van der Waals surface area contributed by atoms with Crippen LogP contribution >= 0.6 is 0 Å². The Morgan fingerprint density at radius 1 is 0.375 bits per heavy atom. The second kappa shape index (κ2) is 61.9. The first-order chi connectivity index (χ1) is 35.5. The average molecular weight is 1010 g/mol. The molecule has 0 saturated heterocycles. The summed E-state index contributed by atoms with van der Waals surface area (Å²) in [6.45, 7) is 4.97. The molecular weight excluding hydrogens is 887 g/mol. The van der Waals surface area contributed by atoms with Gasteiger partial charge >= 0.3 is 5.97 Å². The van der Waals surface area contributed by atoms with E-state index in [-0.39, 0.29) is 18.5 Å². The molecular formula is C66H127NO5. The van der Waals surface area contributed by atoms with Gasteiger partial charge in [-0.25, -0.2) is 0 Å². The number of rotatable bonds is 61. The summed E-state index contributed by atoms with van der Waals surface area (Å²) in [6.07, 6.45) is 76.2. The fourth-order valence-electron chi connectivity index (χ4n) is 10.2. The van der Waals surface area contributed by atoms with Crippen LogP contribution in [0.2, 0.25) is 0 Å². The first-order valence-corrected chi connectivity index (χ1v) is 32.6. The number of unbranched alkanes of at least 4 members (excludes halogenated alkanes) is 46. The number of amides is 1. The molecule has 6 nitrogen and oxygen atoms in total. The summed E-state index contributed by atoms with van der Waals surface area (Å²) in [4.78, 5) is 24.6. The summed E-state index contributed by atoms with van der Waals surface area (Å²) in [5.41, 5.74) is 0. The number of carbonyl (C=O) groups excluding carboxylic acids is 2. The molecule has 0 radical (unpaired) electrons. The molecule has 0 aromatic carbocycles. The summed E-state index contributed by atoms with van der Waals surface area (Å²) in [5.74, 6) is -0.0384. The molecule has 72 heavy (non-hydrogen) atoms. The maximum Gasteiger partial charge on any atom is 0.305 e. The summed E-state index contributed by atoms with van der Waals surface area (Å²) >= 11 is 0. The fourth-order valence-corrected chi connectivity index (χ4v) is 10.2. The first kappa shape index (κ1) is 70.3. The third kappa shape index (κ3) is 57.6. The standard InChI is InChI=1S/C66H127NO5/c1-3-5-7-9-11-13-15-17-19-21-27-30-34-38-42-46-50-54-58-64(69)63(62-68)67-65(70)59-55-51-47-43-39-35-31-28-25-23-22-24-26-29-33-37-41-45-49-53-57-61-72-66(71)60-56-52-48-44-40-36-32-20-18-16-14-12-10-8-6-4-2/h20,23,25,32,63-64,68-69H,3-19,21-22,24,26-31,33-62H2,1-2H3,(H,67,70)/b25-23-,32-20-. The van der Waals surface area contributed by atoms with Gasteiger partial charge in [0, 0.05) is 12.8 Å². The molecule has 0 aliphatic carbocycles. The van der Waals surface area contributed by atoms with Crippen LogP contribution in [0.1, 0.15) is 361 Å². The highest BCUT2D eigenvalue weighted by Crippen LogP contribution is 2.18. The van der Waals surface area contributed by atoms with Crippen LogP contribution in [-0.4, -0.2) is 47.4 Å². The van der Waals surface area contributed by atoms with Gasteiger partial charge in [0.15, 0.2) is 0 Å². The number of allylic oxidation sites excluding steroid dienone is 4. The number of hydrogen-bond acceptors (Lipinski definition) is 5.